The Bertz CT molecular complexity index is 1100. The number of allylic oxidation sites excluding steroid dienone is 8. The maximum absolute atomic E-state index is 12.7. The van der Waals surface area contributed by atoms with Gasteiger partial charge < -0.3 is 27.9 Å². The number of esters is 2. The zero-order valence-electron chi connectivity index (χ0n) is 36.6. The van der Waals surface area contributed by atoms with E-state index in [0.717, 1.165) is 83.5 Å². The van der Waals surface area contributed by atoms with Crippen molar-refractivity contribution in [2.75, 3.05) is 47.5 Å². The predicted molar refractivity (Wildman–Crippen MR) is 231 cm³/mol. The molecular formula is C46H84NO8P. The van der Waals surface area contributed by atoms with Crippen LogP contribution < -0.4 is 4.89 Å². The van der Waals surface area contributed by atoms with E-state index in [2.05, 4.69) is 62.5 Å². The van der Waals surface area contributed by atoms with E-state index in [1.807, 2.05) is 21.1 Å². The van der Waals surface area contributed by atoms with E-state index in [4.69, 9.17) is 18.5 Å². The third-order valence-corrected chi connectivity index (χ3v) is 10.3. The zero-order valence-corrected chi connectivity index (χ0v) is 37.5. The van der Waals surface area contributed by atoms with Gasteiger partial charge in [-0.3, -0.25) is 14.2 Å². The summed E-state index contributed by atoms with van der Waals surface area (Å²) in [6.07, 6.45) is 44.2. The number of phosphoric ester groups is 1. The average Bonchev–Trinajstić information content (AvgIpc) is 3.15. The Balaban J connectivity index is 4.38. The van der Waals surface area contributed by atoms with Crippen molar-refractivity contribution in [2.24, 2.45) is 0 Å². The van der Waals surface area contributed by atoms with Gasteiger partial charge in [0.15, 0.2) is 6.10 Å². The molecule has 0 spiro atoms. The van der Waals surface area contributed by atoms with E-state index in [0.29, 0.717) is 17.4 Å². The highest BCUT2D eigenvalue weighted by molar-refractivity contribution is 7.45. The quantitative estimate of drug-likeness (QED) is 0.0198. The van der Waals surface area contributed by atoms with Crippen LogP contribution >= 0.6 is 7.82 Å². The Hall–Kier alpha value is -2.03. The number of hydrogen-bond acceptors (Lipinski definition) is 8. The van der Waals surface area contributed by atoms with Crippen molar-refractivity contribution in [1.29, 1.82) is 0 Å². The summed E-state index contributed by atoms with van der Waals surface area (Å²) in [5.41, 5.74) is 0. The molecule has 2 atom stereocenters. The SMILES string of the molecule is CC/C=C\C/C=C\C/C=C\CCCCCCCCCC(=O)OC(COC(=O)CCCCCCC/C=C\CCCCCCCC)COP(=O)([O-])OCC[N+](C)(C)C. The smallest absolute Gasteiger partial charge is 0.306 e. The number of carbonyl (C=O) groups is 2. The maximum atomic E-state index is 12.7. The fraction of sp³-hybridized carbons (Fsp3) is 0.783. The third-order valence-electron chi connectivity index (χ3n) is 9.33. The molecule has 0 N–H and O–H groups in total. The van der Waals surface area contributed by atoms with Crippen molar-refractivity contribution < 1.29 is 42.1 Å². The summed E-state index contributed by atoms with van der Waals surface area (Å²) < 4.78 is 33.9. The molecule has 10 heteroatoms. The van der Waals surface area contributed by atoms with Crippen LogP contribution in [0.3, 0.4) is 0 Å². The second kappa shape index (κ2) is 38.5. The molecule has 0 aromatic heterocycles. The summed E-state index contributed by atoms with van der Waals surface area (Å²) >= 11 is 0. The molecule has 0 saturated carbocycles. The lowest BCUT2D eigenvalue weighted by molar-refractivity contribution is -0.870. The van der Waals surface area contributed by atoms with Crippen molar-refractivity contribution in [3.63, 3.8) is 0 Å². The minimum Gasteiger partial charge on any atom is -0.756 e. The predicted octanol–water partition coefficient (Wildman–Crippen LogP) is 12.1. The van der Waals surface area contributed by atoms with Gasteiger partial charge in [-0.15, -0.1) is 0 Å². The molecule has 0 aliphatic carbocycles. The van der Waals surface area contributed by atoms with Gasteiger partial charge in [-0.05, 0) is 70.6 Å². The topological polar surface area (TPSA) is 111 Å². The number of quaternary nitrogens is 1. The lowest BCUT2D eigenvalue weighted by Gasteiger charge is -2.28. The van der Waals surface area contributed by atoms with Crippen LogP contribution in [-0.4, -0.2) is 70.0 Å². The Morgan fingerprint density at radius 3 is 1.54 bits per heavy atom. The molecule has 0 fully saturated rings. The van der Waals surface area contributed by atoms with E-state index in [9.17, 15) is 19.0 Å². The summed E-state index contributed by atoms with van der Waals surface area (Å²) in [7, 11) is 1.15. The highest BCUT2D eigenvalue weighted by atomic mass is 31.2. The van der Waals surface area contributed by atoms with Crippen LogP contribution in [-0.2, 0) is 32.7 Å². The van der Waals surface area contributed by atoms with Crippen LogP contribution in [0.25, 0.3) is 0 Å². The van der Waals surface area contributed by atoms with E-state index >= 15 is 0 Å². The van der Waals surface area contributed by atoms with Crippen LogP contribution in [0.15, 0.2) is 48.6 Å². The number of likely N-dealkylation sites (N-methyl/N-ethyl adjacent to an activating group) is 1. The minimum atomic E-state index is -4.63. The van der Waals surface area contributed by atoms with E-state index in [1.165, 1.54) is 64.2 Å². The first kappa shape index (κ1) is 54.0. The number of ether oxygens (including phenoxy) is 2. The highest BCUT2D eigenvalue weighted by Gasteiger charge is 2.21. The molecule has 0 saturated heterocycles. The standard InChI is InChI=1S/C46H84NO8P/c1-6-8-10-12-14-16-18-20-22-23-25-27-29-31-33-35-37-39-46(49)55-44(43-54-56(50,51)53-41-40-47(3,4)5)42-52-45(48)38-36-34-32-30-28-26-24-21-19-17-15-13-11-9-7-2/h8,10,14,16,20-22,24,44H,6-7,9,11-13,15,17-19,23,25-43H2,1-5H3/b10-8-,16-14-,22-20-,24-21-. The summed E-state index contributed by atoms with van der Waals surface area (Å²) in [4.78, 5) is 37.5. The highest BCUT2D eigenvalue weighted by Crippen LogP contribution is 2.38. The van der Waals surface area contributed by atoms with Gasteiger partial charge in [-0.2, -0.15) is 0 Å². The zero-order chi connectivity index (χ0) is 41.4. The van der Waals surface area contributed by atoms with Crippen LogP contribution in [0.5, 0.6) is 0 Å². The Kier molecular flexibility index (Phi) is 37.1. The molecule has 0 aliphatic heterocycles. The average molecular weight is 810 g/mol. The molecule has 56 heavy (non-hydrogen) atoms. The first-order chi connectivity index (χ1) is 27.0. The molecule has 2 unspecified atom stereocenters. The van der Waals surface area contributed by atoms with Crippen molar-refractivity contribution in [3.8, 4) is 0 Å². The number of nitrogens with zero attached hydrogens (tertiary/aromatic N) is 1. The number of rotatable bonds is 40. The Morgan fingerprint density at radius 1 is 0.571 bits per heavy atom. The Labute approximate surface area is 343 Å². The van der Waals surface area contributed by atoms with Crippen molar-refractivity contribution >= 4 is 19.8 Å². The summed E-state index contributed by atoms with van der Waals surface area (Å²) in [6, 6.07) is 0. The lowest BCUT2D eigenvalue weighted by atomic mass is 10.1. The second-order valence-electron chi connectivity index (χ2n) is 16.0. The van der Waals surface area contributed by atoms with Gasteiger partial charge >= 0.3 is 11.9 Å². The van der Waals surface area contributed by atoms with Crippen molar-refractivity contribution in [3.05, 3.63) is 48.6 Å². The molecule has 0 aromatic rings. The monoisotopic (exact) mass is 810 g/mol. The van der Waals surface area contributed by atoms with Crippen LogP contribution in [0, 0.1) is 0 Å². The molecule has 0 aromatic carbocycles. The molecule has 0 rings (SSSR count). The maximum Gasteiger partial charge on any atom is 0.306 e. The van der Waals surface area contributed by atoms with Crippen molar-refractivity contribution in [2.45, 2.75) is 187 Å². The molecule has 9 nitrogen and oxygen atoms in total. The van der Waals surface area contributed by atoms with Gasteiger partial charge in [0.05, 0.1) is 27.7 Å². The number of phosphoric acid groups is 1. The van der Waals surface area contributed by atoms with Gasteiger partial charge in [-0.25, -0.2) is 0 Å². The fourth-order valence-corrected chi connectivity index (χ4v) is 6.57. The molecule has 326 valence electrons. The third kappa shape index (κ3) is 41.6. The van der Waals surface area contributed by atoms with Gasteiger partial charge in [0.1, 0.15) is 19.8 Å². The number of unbranched alkanes of at least 4 members (excludes halogenated alkanes) is 18. The summed E-state index contributed by atoms with van der Waals surface area (Å²) in [5.74, 6) is -0.856. The summed E-state index contributed by atoms with van der Waals surface area (Å²) in [6.45, 7) is 4.09. The van der Waals surface area contributed by atoms with E-state index < -0.39 is 32.5 Å². The number of hydrogen-bond donors (Lipinski definition) is 0. The fourth-order valence-electron chi connectivity index (χ4n) is 5.84. The molecule has 0 amide bonds. The van der Waals surface area contributed by atoms with Gasteiger partial charge in [0.2, 0.25) is 0 Å². The second-order valence-corrected chi connectivity index (χ2v) is 17.4. The minimum absolute atomic E-state index is 0.0356. The largest absolute Gasteiger partial charge is 0.756 e. The van der Waals surface area contributed by atoms with Crippen LogP contribution in [0.2, 0.25) is 0 Å². The van der Waals surface area contributed by atoms with E-state index in [1.54, 1.807) is 0 Å². The molecule has 0 radical (unpaired) electrons. The van der Waals surface area contributed by atoms with Crippen molar-refractivity contribution in [1.82, 2.24) is 0 Å². The van der Waals surface area contributed by atoms with Gasteiger partial charge in [0, 0.05) is 12.8 Å². The normalized spacial score (nSPS) is 14.0. The number of carbonyl (C=O) groups excluding carboxylic acids is 2. The van der Waals surface area contributed by atoms with Crippen LogP contribution in [0.4, 0.5) is 0 Å². The first-order valence-corrected chi connectivity index (χ1v) is 23.8. The molecule has 0 bridgehead atoms. The van der Waals surface area contributed by atoms with Gasteiger partial charge in [-0.1, -0.05) is 146 Å². The van der Waals surface area contributed by atoms with E-state index in [-0.39, 0.29) is 26.1 Å². The lowest BCUT2D eigenvalue weighted by Crippen LogP contribution is -2.37. The summed E-state index contributed by atoms with van der Waals surface area (Å²) in [5, 5.41) is 0. The Morgan fingerprint density at radius 2 is 1.02 bits per heavy atom. The first-order valence-electron chi connectivity index (χ1n) is 22.3. The molecule has 0 aliphatic rings. The molecular weight excluding hydrogens is 725 g/mol. The van der Waals surface area contributed by atoms with Crippen LogP contribution in [0.1, 0.15) is 181 Å². The van der Waals surface area contributed by atoms with Gasteiger partial charge in [0.25, 0.3) is 7.82 Å². The molecule has 0 heterocycles.